The number of nitrogens with zero attached hydrogens (tertiary/aromatic N) is 1. The number of ketones is 1. The van der Waals surface area contributed by atoms with Crippen LogP contribution in [0.2, 0.25) is 10.0 Å². The first-order valence-electron chi connectivity index (χ1n) is 6.37. The average Bonchev–Trinajstić information content (AvgIpc) is 2.55. The summed E-state index contributed by atoms with van der Waals surface area (Å²) in [5.74, 6) is -0.353. The molecule has 0 aromatic heterocycles. The van der Waals surface area contributed by atoms with E-state index >= 15 is 0 Å². The van der Waals surface area contributed by atoms with Gasteiger partial charge in [0.05, 0.1) is 15.1 Å². The van der Waals surface area contributed by atoms with Crippen LogP contribution < -0.4 is 4.90 Å². The molecule has 2 rings (SSSR count). The van der Waals surface area contributed by atoms with Crippen LogP contribution in [-0.2, 0) is 4.79 Å². The second kappa shape index (κ2) is 7.44. The first-order chi connectivity index (χ1) is 10.5. The Hall–Kier alpha value is -1.11. The van der Waals surface area contributed by atoms with Crippen molar-refractivity contribution in [2.24, 2.45) is 0 Å². The third-order valence-electron chi connectivity index (χ3n) is 3.17. The van der Waals surface area contributed by atoms with E-state index in [1.54, 1.807) is 43.4 Å². The number of anilines is 1. The third kappa shape index (κ3) is 3.62. The molecule has 6 heteroatoms. The number of hydrogen-bond acceptors (Lipinski definition) is 2. The largest absolute Gasteiger partial charge is 0.314 e. The minimum Gasteiger partial charge on any atom is -0.314 e. The minimum absolute atomic E-state index is 0.0851. The number of amides is 1. The number of carbonyl (C=O) groups is 2. The van der Waals surface area contributed by atoms with Gasteiger partial charge in [-0.25, -0.2) is 0 Å². The van der Waals surface area contributed by atoms with Crippen molar-refractivity contribution in [3.8, 4) is 0 Å². The second-order valence-corrected chi connectivity index (χ2v) is 6.16. The van der Waals surface area contributed by atoms with Gasteiger partial charge in [0.2, 0.25) is 5.91 Å². The van der Waals surface area contributed by atoms with E-state index in [4.69, 9.17) is 23.2 Å². The van der Waals surface area contributed by atoms with Gasteiger partial charge in [-0.1, -0.05) is 57.9 Å². The fourth-order valence-electron chi connectivity index (χ4n) is 2.00. The Labute approximate surface area is 152 Å². The van der Waals surface area contributed by atoms with Gasteiger partial charge in [0, 0.05) is 23.2 Å². The molecule has 0 aliphatic rings. The maximum atomic E-state index is 12.8. The van der Waals surface area contributed by atoms with Gasteiger partial charge in [-0.05, 0) is 30.3 Å². The molecule has 0 saturated heterocycles. The SMILES string of the molecule is CN(C(=O)CI)c1ccccc1C(=O)c1cc(Cl)ccc1Cl. The highest BCUT2D eigenvalue weighted by Gasteiger charge is 2.20. The molecule has 0 saturated carbocycles. The highest BCUT2D eigenvalue weighted by Crippen LogP contribution is 2.27. The van der Waals surface area contributed by atoms with Crippen LogP contribution in [0.3, 0.4) is 0 Å². The highest BCUT2D eigenvalue weighted by atomic mass is 127. The summed E-state index contributed by atoms with van der Waals surface area (Å²) in [7, 11) is 1.65. The molecule has 1 amide bonds. The van der Waals surface area contributed by atoms with Crippen molar-refractivity contribution >= 4 is 63.2 Å². The number of halogens is 3. The topological polar surface area (TPSA) is 37.4 Å². The van der Waals surface area contributed by atoms with Crippen molar-refractivity contribution in [3.63, 3.8) is 0 Å². The van der Waals surface area contributed by atoms with E-state index in [1.165, 1.54) is 11.0 Å². The van der Waals surface area contributed by atoms with E-state index < -0.39 is 0 Å². The molecular formula is C16H12Cl2INO2. The molecular weight excluding hydrogens is 436 g/mol. The molecule has 0 aliphatic heterocycles. The van der Waals surface area contributed by atoms with Gasteiger partial charge in [-0.15, -0.1) is 0 Å². The number of carbonyl (C=O) groups excluding carboxylic acids is 2. The summed E-state index contributed by atoms with van der Waals surface area (Å²) in [6, 6.07) is 11.7. The van der Waals surface area contributed by atoms with Crippen LogP contribution in [0.5, 0.6) is 0 Å². The van der Waals surface area contributed by atoms with Crippen LogP contribution in [0.25, 0.3) is 0 Å². The molecule has 0 N–H and O–H groups in total. The summed E-state index contributed by atoms with van der Waals surface area (Å²) >= 11 is 14.0. The normalized spacial score (nSPS) is 10.4. The highest BCUT2D eigenvalue weighted by molar-refractivity contribution is 14.1. The first-order valence-corrected chi connectivity index (χ1v) is 8.65. The third-order valence-corrected chi connectivity index (χ3v) is 4.39. The standard InChI is InChI=1S/C16H12Cl2INO2/c1-20(15(21)9-19)14-5-3-2-4-11(14)16(22)12-8-10(17)6-7-13(12)18/h2-8H,9H2,1H3. The minimum atomic E-state index is -0.267. The monoisotopic (exact) mass is 447 g/mol. The van der Waals surface area contributed by atoms with Crippen LogP contribution in [0.1, 0.15) is 15.9 Å². The maximum Gasteiger partial charge on any atom is 0.236 e. The zero-order chi connectivity index (χ0) is 16.3. The molecule has 2 aromatic carbocycles. The van der Waals surface area contributed by atoms with Gasteiger partial charge >= 0.3 is 0 Å². The Bertz CT molecular complexity index is 734. The first kappa shape index (κ1) is 17.2. The fraction of sp³-hybridized carbons (Fsp3) is 0.125. The van der Waals surface area contributed by atoms with E-state index in [2.05, 4.69) is 0 Å². The molecule has 0 radical (unpaired) electrons. The molecule has 0 fully saturated rings. The molecule has 114 valence electrons. The van der Waals surface area contributed by atoms with E-state index in [9.17, 15) is 9.59 Å². The molecule has 0 spiro atoms. The van der Waals surface area contributed by atoms with Crippen LogP contribution in [0.4, 0.5) is 5.69 Å². The number of rotatable bonds is 4. The molecule has 2 aromatic rings. The second-order valence-electron chi connectivity index (χ2n) is 4.56. The van der Waals surface area contributed by atoms with Gasteiger partial charge in [0.1, 0.15) is 0 Å². The molecule has 0 aliphatic carbocycles. The average molecular weight is 448 g/mol. The summed E-state index contributed by atoms with van der Waals surface area (Å²) in [5.41, 5.74) is 1.27. The van der Waals surface area contributed by atoms with Gasteiger partial charge in [-0.3, -0.25) is 9.59 Å². The van der Waals surface area contributed by atoms with Crippen LogP contribution in [0, 0.1) is 0 Å². The van der Waals surface area contributed by atoms with Gasteiger partial charge < -0.3 is 4.90 Å². The number of benzene rings is 2. The van der Waals surface area contributed by atoms with E-state index in [1.807, 2.05) is 22.6 Å². The van der Waals surface area contributed by atoms with Crippen molar-refractivity contribution in [3.05, 3.63) is 63.6 Å². The van der Waals surface area contributed by atoms with Crippen molar-refractivity contribution in [1.29, 1.82) is 0 Å². The molecule has 0 unspecified atom stereocenters. The van der Waals surface area contributed by atoms with Crippen molar-refractivity contribution in [2.45, 2.75) is 0 Å². The summed E-state index contributed by atoms with van der Waals surface area (Å²) in [5, 5.41) is 0.758. The lowest BCUT2D eigenvalue weighted by molar-refractivity contribution is -0.115. The number of para-hydroxylation sites is 1. The summed E-state index contributed by atoms with van der Waals surface area (Å²) < 4.78 is 0.328. The molecule has 0 heterocycles. The predicted octanol–water partition coefficient (Wildman–Crippen LogP) is 4.62. The van der Waals surface area contributed by atoms with E-state index in [0.717, 1.165) is 0 Å². The Balaban J connectivity index is 2.51. The Morgan fingerprint density at radius 2 is 1.77 bits per heavy atom. The Morgan fingerprint density at radius 1 is 1.09 bits per heavy atom. The predicted molar refractivity (Wildman–Crippen MR) is 98.6 cm³/mol. The number of alkyl halides is 1. The van der Waals surface area contributed by atoms with Crippen LogP contribution >= 0.6 is 45.8 Å². The molecule has 3 nitrogen and oxygen atoms in total. The summed E-state index contributed by atoms with van der Waals surface area (Å²) in [6.07, 6.45) is 0. The molecule has 0 atom stereocenters. The lowest BCUT2D eigenvalue weighted by Gasteiger charge is -2.19. The van der Waals surface area contributed by atoms with E-state index in [-0.39, 0.29) is 11.7 Å². The zero-order valence-corrected chi connectivity index (χ0v) is 15.3. The quantitative estimate of drug-likeness (QED) is 0.389. The molecule has 22 heavy (non-hydrogen) atoms. The van der Waals surface area contributed by atoms with E-state index in [0.29, 0.717) is 31.3 Å². The zero-order valence-electron chi connectivity index (χ0n) is 11.6. The Kier molecular flexibility index (Phi) is 5.83. The van der Waals surface area contributed by atoms with Gasteiger partial charge in [0.15, 0.2) is 5.78 Å². The maximum absolute atomic E-state index is 12.8. The van der Waals surface area contributed by atoms with Gasteiger partial charge in [-0.2, -0.15) is 0 Å². The van der Waals surface area contributed by atoms with Gasteiger partial charge in [0.25, 0.3) is 0 Å². The molecule has 0 bridgehead atoms. The number of hydrogen-bond donors (Lipinski definition) is 0. The Morgan fingerprint density at radius 3 is 2.45 bits per heavy atom. The van der Waals surface area contributed by atoms with Crippen LogP contribution in [-0.4, -0.2) is 23.2 Å². The van der Waals surface area contributed by atoms with Crippen LogP contribution in [0.15, 0.2) is 42.5 Å². The summed E-state index contributed by atoms with van der Waals surface area (Å²) in [6.45, 7) is 0. The smallest absolute Gasteiger partial charge is 0.236 e. The fourth-order valence-corrected chi connectivity index (χ4v) is 2.89. The van der Waals surface area contributed by atoms with Crippen molar-refractivity contribution in [1.82, 2.24) is 0 Å². The van der Waals surface area contributed by atoms with Crippen molar-refractivity contribution in [2.75, 3.05) is 16.4 Å². The lowest BCUT2D eigenvalue weighted by atomic mass is 10.0. The van der Waals surface area contributed by atoms with Crippen molar-refractivity contribution < 1.29 is 9.59 Å². The summed E-state index contributed by atoms with van der Waals surface area (Å²) in [4.78, 5) is 26.1. The lowest BCUT2D eigenvalue weighted by Crippen LogP contribution is -2.28.